The van der Waals surface area contributed by atoms with Crippen molar-refractivity contribution in [1.82, 2.24) is 9.97 Å². The van der Waals surface area contributed by atoms with Crippen LogP contribution < -0.4 is 16.4 Å². The van der Waals surface area contributed by atoms with Crippen molar-refractivity contribution in [3.05, 3.63) is 108 Å². The maximum Gasteiger partial charge on any atom is 0.256 e. The molecule has 1 atom stereocenters. The summed E-state index contributed by atoms with van der Waals surface area (Å²) in [5.74, 6) is 0.214. The zero-order chi connectivity index (χ0) is 23.0. The molecule has 2 heterocycles. The highest BCUT2D eigenvalue weighted by Gasteiger charge is 2.15. The van der Waals surface area contributed by atoms with E-state index in [4.69, 9.17) is 5.73 Å². The molecule has 7 heteroatoms. The van der Waals surface area contributed by atoms with Crippen molar-refractivity contribution in [2.75, 3.05) is 10.6 Å². The quantitative estimate of drug-likeness (QED) is 0.406. The lowest BCUT2D eigenvalue weighted by Gasteiger charge is -2.12. The smallest absolute Gasteiger partial charge is 0.256 e. The summed E-state index contributed by atoms with van der Waals surface area (Å²) >= 11 is 0. The Labute approximate surface area is 191 Å². The lowest BCUT2D eigenvalue weighted by Crippen LogP contribution is -2.37. The van der Waals surface area contributed by atoms with Gasteiger partial charge in [0, 0.05) is 5.56 Å². The number of aromatic nitrogens is 2. The van der Waals surface area contributed by atoms with Crippen LogP contribution in [0.5, 0.6) is 0 Å². The minimum Gasteiger partial charge on any atom is -0.320 e. The van der Waals surface area contributed by atoms with Crippen molar-refractivity contribution in [2.24, 2.45) is 5.73 Å². The second kappa shape index (κ2) is 10.3. The van der Waals surface area contributed by atoms with E-state index >= 15 is 0 Å². The van der Waals surface area contributed by atoms with Gasteiger partial charge in [0.1, 0.15) is 11.6 Å². The molecule has 2 amide bonds. The monoisotopic (exact) mass is 437 g/mol. The van der Waals surface area contributed by atoms with Gasteiger partial charge in [-0.15, -0.1) is 0 Å². The number of hydrogen-bond donors (Lipinski definition) is 3. The Hall–Kier alpha value is -4.36. The predicted octanol–water partition coefficient (Wildman–Crippen LogP) is 3.90. The number of nitrogens with zero attached hydrogens (tertiary/aromatic N) is 2. The van der Waals surface area contributed by atoms with Crippen LogP contribution in [0.25, 0.3) is 11.4 Å². The molecule has 7 nitrogen and oxygen atoms in total. The lowest BCUT2D eigenvalue weighted by atomic mass is 10.1. The van der Waals surface area contributed by atoms with Gasteiger partial charge in [-0.2, -0.15) is 0 Å². The first-order valence-corrected chi connectivity index (χ1v) is 10.5. The summed E-state index contributed by atoms with van der Waals surface area (Å²) in [6, 6.07) is 28.3. The lowest BCUT2D eigenvalue weighted by molar-refractivity contribution is -0.117. The van der Waals surface area contributed by atoms with E-state index in [0.29, 0.717) is 35.0 Å². The van der Waals surface area contributed by atoms with Crippen molar-refractivity contribution < 1.29 is 9.59 Å². The molecular formula is C26H23N5O2. The Morgan fingerprint density at radius 3 is 1.85 bits per heavy atom. The van der Waals surface area contributed by atoms with E-state index < -0.39 is 6.04 Å². The summed E-state index contributed by atoms with van der Waals surface area (Å²) in [5, 5.41) is 5.56. The highest BCUT2D eigenvalue weighted by molar-refractivity contribution is 6.03. The van der Waals surface area contributed by atoms with Gasteiger partial charge in [-0.1, -0.05) is 60.7 Å². The van der Waals surface area contributed by atoms with E-state index in [2.05, 4.69) is 20.6 Å². The number of nitrogens with two attached hydrogens (primary N) is 1. The van der Waals surface area contributed by atoms with Crippen LogP contribution >= 0.6 is 0 Å². The fraction of sp³-hybridized carbons (Fsp3) is 0.0769. The first-order chi connectivity index (χ1) is 16.1. The minimum absolute atomic E-state index is 0.248. The van der Waals surface area contributed by atoms with Gasteiger partial charge in [0.2, 0.25) is 5.91 Å². The number of rotatable bonds is 7. The number of amides is 2. The number of carbonyl (C=O) groups is 2. The fourth-order valence-electron chi connectivity index (χ4n) is 3.25. The maximum atomic E-state index is 12.5. The summed E-state index contributed by atoms with van der Waals surface area (Å²) in [4.78, 5) is 33.9. The zero-order valence-electron chi connectivity index (χ0n) is 17.8. The van der Waals surface area contributed by atoms with Gasteiger partial charge in [0.25, 0.3) is 5.91 Å². The molecule has 4 rings (SSSR count). The molecule has 0 aliphatic rings. The van der Waals surface area contributed by atoms with Crippen molar-refractivity contribution in [3.63, 3.8) is 0 Å². The van der Waals surface area contributed by atoms with Crippen LogP contribution in [0.15, 0.2) is 97.1 Å². The van der Waals surface area contributed by atoms with Gasteiger partial charge >= 0.3 is 0 Å². The van der Waals surface area contributed by atoms with E-state index in [1.165, 1.54) is 0 Å². The van der Waals surface area contributed by atoms with Gasteiger partial charge in [-0.3, -0.25) is 9.59 Å². The Kier molecular flexibility index (Phi) is 6.82. The number of hydrogen-bond acceptors (Lipinski definition) is 5. The Bertz CT molecular complexity index is 1250. The van der Waals surface area contributed by atoms with Crippen molar-refractivity contribution in [1.29, 1.82) is 0 Å². The molecule has 0 bridgehead atoms. The van der Waals surface area contributed by atoms with E-state index in [0.717, 1.165) is 5.56 Å². The maximum absolute atomic E-state index is 12.5. The van der Waals surface area contributed by atoms with Crippen LogP contribution in [-0.4, -0.2) is 27.8 Å². The van der Waals surface area contributed by atoms with Crippen LogP contribution in [0, 0.1) is 0 Å². The molecular weight excluding hydrogens is 414 g/mol. The summed E-state index contributed by atoms with van der Waals surface area (Å²) in [5.41, 5.74) is 8.71. The van der Waals surface area contributed by atoms with Crippen molar-refractivity contribution >= 4 is 23.5 Å². The molecule has 4 aromatic rings. The molecule has 0 aliphatic heterocycles. The Balaban J connectivity index is 1.44. The second-order valence-electron chi connectivity index (χ2n) is 7.42. The van der Waals surface area contributed by atoms with Gasteiger partial charge in [-0.05, 0) is 48.4 Å². The zero-order valence-corrected chi connectivity index (χ0v) is 17.8. The molecule has 0 saturated heterocycles. The van der Waals surface area contributed by atoms with Gasteiger partial charge in [0.15, 0.2) is 0 Å². The average molecular weight is 438 g/mol. The Morgan fingerprint density at radius 2 is 1.24 bits per heavy atom. The minimum atomic E-state index is -0.701. The van der Waals surface area contributed by atoms with Gasteiger partial charge in [-0.25, -0.2) is 9.97 Å². The molecule has 0 unspecified atom stereocenters. The van der Waals surface area contributed by atoms with Gasteiger partial charge in [0.05, 0.1) is 17.4 Å². The third-order valence-corrected chi connectivity index (χ3v) is 4.92. The van der Waals surface area contributed by atoms with Crippen molar-refractivity contribution in [2.45, 2.75) is 12.5 Å². The third-order valence-electron chi connectivity index (χ3n) is 4.92. The summed E-state index contributed by atoms with van der Waals surface area (Å²) in [7, 11) is 0. The summed E-state index contributed by atoms with van der Waals surface area (Å²) in [6.07, 6.45) is 0.428. The average Bonchev–Trinajstić information content (AvgIpc) is 2.85. The highest BCUT2D eigenvalue weighted by atomic mass is 16.2. The number of carbonyl (C=O) groups excluding carboxylic acids is 2. The molecule has 2 aromatic heterocycles. The van der Waals surface area contributed by atoms with Crippen LogP contribution in [-0.2, 0) is 11.2 Å². The molecule has 4 N–H and O–H groups in total. The van der Waals surface area contributed by atoms with Gasteiger partial charge < -0.3 is 16.4 Å². The molecule has 0 fully saturated rings. The second-order valence-corrected chi connectivity index (χ2v) is 7.42. The highest BCUT2D eigenvalue weighted by Crippen LogP contribution is 2.19. The topological polar surface area (TPSA) is 110 Å². The van der Waals surface area contributed by atoms with Crippen LogP contribution in [0.4, 0.5) is 11.6 Å². The normalized spacial score (nSPS) is 11.4. The van der Waals surface area contributed by atoms with E-state index in [9.17, 15) is 9.59 Å². The van der Waals surface area contributed by atoms with E-state index in [-0.39, 0.29) is 11.8 Å². The fourth-order valence-corrected chi connectivity index (χ4v) is 3.25. The van der Waals surface area contributed by atoms with Crippen LogP contribution in [0.2, 0.25) is 0 Å². The molecule has 0 radical (unpaired) electrons. The number of benzene rings is 2. The van der Waals surface area contributed by atoms with E-state index in [1.807, 2.05) is 36.4 Å². The van der Waals surface area contributed by atoms with Crippen molar-refractivity contribution in [3.8, 4) is 11.4 Å². The molecule has 0 saturated carbocycles. The SMILES string of the molecule is N[C@@H](Cc1ccccc1)C(=O)Nc1cccc(-c2cccc(NC(=O)c3ccccc3)n2)n1. The van der Waals surface area contributed by atoms with Crippen LogP contribution in [0.3, 0.4) is 0 Å². The number of nitrogens with one attached hydrogen (secondary N) is 2. The summed E-state index contributed by atoms with van der Waals surface area (Å²) in [6.45, 7) is 0. The molecule has 0 aliphatic carbocycles. The number of pyridine rings is 2. The first-order valence-electron chi connectivity index (χ1n) is 10.5. The predicted molar refractivity (Wildman–Crippen MR) is 129 cm³/mol. The molecule has 2 aromatic carbocycles. The Morgan fingerprint density at radius 1 is 0.697 bits per heavy atom. The standard InChI is InChI=1S/C26H23N5O2/c27-20(17-18-9-3-1-4-10-18)26(33)31-24-16-8-14-22(29-24)21-13-7-15-23(28-21)30-25(32)19-11-5-2-6-12-19/h1-16,20H,17,27H2,(H,28,30,32)(H,29,31,33)/t20-/m0/s1. The molecule has 33 heavy (non-hydrogen) atoms. The summed E-state index contributed by atoms with van der Waals surface area (Å²) < 4.78 is 0. The third kappa shape index (κ3) is 5.87. The largest absolute Gasteiger partial charge is 0.320 e. The molecule has 0 spiro atoms. The van der Waals surface area contributed by atoms with Crippen LogP contribution in [0.1, 0.15) is 15.9 Å². The van der Waals surface area contributed by atoms with E-state index in [1.54, 1.807) is 60.7 Å². The molecule has 164 valence electrons. The first kappa shape index (κ1) is 21.9. The number of anilines is 2.